The maximum Gasteiger partial charge on any atom is 0.293 e. The quantitative estimate of drug-likeness (QED) is 0.185. The minimum Gasteiger partial charge on any atom is -0.434 e. The minimum atomic E-state index is -0.0974. The molecule has 0 radical (unpaired) electrons. The SMILES string of the molecule is CC1(C)c2cc3ccc4ccccc4c3c3c2-c2c1cc1c4ccccc4ccc1[n+]2CO3. The molecule has 2 nitrogen and oxygen atoms in total. The maximum absolute atomic E-state index is 6.66. The van der Waals surface area contributed by atoms with Crippen LogP contribution in [-0.4, -0.2) is 0 Å². The van der Waals surface area contributed by atoms with E-state index in [2.05, 4.69) is 103 Å². The van der Waals surface area contributed by atoms with E-state index in [-0.39, 0.29) is 5.41 Å². The Morgan fingerprint density at radius 2 is 1.39 bits per heavy atom. The van der Waals surface area contributed by atoms with Crippen LogP contribution in [0.15, 0.2) is 84.9 Å². The van der Waals surface area contributed by atoms with E-state index < -0.39 is 0 Å². The molecular weight excluding hydrogens is 402 g/mol. The van der Waals surface area contributed by atoms with Gasteiger partial charge >= 0.3 is 0 Å². The van der Waals surface area contributed by atoms with Gasteiger partial charge < -0.3 is 4.74 Å². The number of benzene rings is 5. The van der Waals surface area contributed by atoms with Crippen molar-refractivity contribution in [3.05, 3.63) is 96.1 Å². The summed E-state index contributed by atoms with van der Waals surface area (Å²) in [4.78, 5) is 0. The van der Waals surface area contributed by atoms with Crippen LogP contribution in [-0.2, 0) is 12.1 Å². The van der Waals surface area contributed by atoms with Crippen molar-refractivity contribution in [3.8, 4) is 17.0 Å². The lowest BCUT2D eigenvalue weighted by molar-refractivity contribution is -0.693. The first-order valence-electron chi connectivity index (χ1n) is 11.6. The molecule has 0 amide bonds. The van der Waals surface area contributed by atoms with Crippen molar-refractivity contribution < 1.29 is 9.30 Å². The van der Waals surface area contributed by atoms with Crippen LogP contribution in [0.4, 0.5) is 0 Å². The van der Waals surface area contributed by atoms with Gasteiger partial charge in [-0.2, -0.15) is 4.57 Å². The molecule has 0 unspecified atom stereocenters. The molecule has 0 atom stereocenters. The van der Waals surface area contributed by atoms with Gasteiger partial charge in [0.25, 0.3) is 6.73 Å². The van der Waals surface area contributed by atoms with Gasteiger partial charge in [0, 0.05) is 22.4 Å². The molecule has 33 heavy (non-hydrogen) atoms. The molecule has 1 aliphatic heterocycles. The first-order valence-corrected chi connectivity index (χ1v) is 11.6. The third-order valence-electron chi connectivity index (χ3n) is 7.96. The van der Waals surface area contributed by atoms with Crippen LogP contribution in [0.3, 0.4) is 0 Å². The molecule has 1 aliphatic carbocycles. The second kappa shape index (κ2) is 5.71. The molecule has 5 aromatic carbocycles. The lowest BCUT2D eigenvalue weighted by atomic mass is 9.81. The number of fused-ring (bicyclic) bond motifs is 8. The van der Waals surface area contributed by atoms with E-state index in [0.717, 1.165) is 5.75 Å². The summed E-state index contributed by atoms with van der Waals surface area (Å²) in [5, 5.41) is 8.89. The molecule has 8 rings (SSSR count). The number of hydrogen-bond donors (Lipinski definition) is 0. The molecule has 2 heteroatoms. The highest BCUT2D eigenvalue weighted by Crippen LogP contribution is 2.56. The number of hydrogen-bond acceptors (Lipinski definition) is 1. The molecule has 2 heterocycles. The van der Waals surface area contributed by atoms with Gasteiger partial charge in [-0.05, 0) is 50.7 Å². The van der Waals surface area contributed by atoms with Crippen molar-refractivity contribution in [3.63, 3.8) is 0 Å². The average molecular weight is 425 g/mol. The van der Waals surface area contributed by atoms with E-state index in [4.69, 9.17) is 4.74 Å². The maximum atomic E-state index is 6.66. The van der Waals surface area contributed by atoms with Gasteiger partial charge in [0.05, 0.1) is 10.9 Å². The van der Waals surface area contributed by atoms with Gasteiger partial charge in [0.15, 0.2) is 0 Å². The van der Waals surface area contributed by atoms with Gasteiger partial charge in [-0.15, -0.1) is 0 Å². The number of nitrogens with zero attached hydrogens (tertiary/aromatic N) is 1. The van der Waals surface area contributed by atoms with Crippen LogP contribution in [0.2, 0.25) is 0 Å². The fraction of sp³-hybridized carbons (Fsp3) is 0.129. The Morgan fingerprint density at radius 1 is 0.697 bits per heavy atom. The highest BCUT2D eigenvalue weighted by Gasteiger charge is 2.47. The first kappa shape index (κ1) is 17.6. The second-order valence-corrected chi connectivity index (χ2v) is 9.97. The highest BCUT2D eigenvalue weighted by atomic mass is 16.5. The summed E-state index contributed by atoms with van der Waals surface area (Å²) in [7, 11) is 0. The largest absolute Gasteiger partial charge is 0.434 e. The van der Waals surface area contributed by atoms with Crippen LogP contribution in [0.5, 0.6) is 5.75 Å². The zero-order valence-electron chi connectivity index (χ0n) is 18.6. The Labute approximate surface area is 191 Å². The monoisotopic (exact) mass is 424 g/mol. The average Bonchev–Trinajstić information content (AvgIpc) is 3.08. The van der Waals surface area contributed by atoms with Crippen molar-refractivity contribution in [2.24, 2.45) is 0 Å². The normalized spacial score (nSPS) is 15.3. The van der Waals surface area contributed by atoms with E-state index in [0.29, 0.717) is 6.73 Å². The molecule has 0 bridgehead atoms. The fourth-order valence-electron chi connectivity index (χ4n) is 6.31. The minimum absolute atomic E-state index is 0.0974. The van der Waals surface area contributed by atoms with Crippen molar-refractivity contribution in [1.29, 1.82) is 0 Å². The van der Waals surface area contributed by atoms with Crippen molar-refractivity contribution in [2.45, 2.75) is 26.0 Å². The molecule has 0 N–H and O–H groups in total. The molecule has 0 saturated heterocycles. The lowest BCUT2D eigenvalue weighted by Crippen LogP contribution is -2.43. The van der Waals surface area contributed by atoms with Crippen LogP contribution < -0.4 is 9.30 Å². The molecule has 1 aromatic heterocycles. The number of ether oxygens (including phenoxy) is 1. The summed E-state index contributed by atoms with van der Waals surface area (Å²) >= 11 is 0. The topological polar surface area (TPSA) is 13.1 Å². The molecule has 0 spiro atoms. The van der Waals surface area contributed by atoms with E-state index >= 15 is 0 Å². The van der Waals surface area contributed by atoms with Gasteiger partial charge in [0.2, 0.25) is 11.2 Å². The van der Waals surface area contributed by atoms with E-state index in [1.54, 1.807) is 0 Å². The van der Waals surface area contributed by atoms with Crippen LogP contribution in [0.1, 0.15) is 25.0 Å². The molecule has 2 aliphatic rings. The van der Waals surface area contributed by atoms with Gasteiger partial charge in [0.1, 0.15) is 5.75 Å². The summed E-state index contributed by atoms with van der Waals surface area (Å²) in [6, 6.07) is 31.2. The summed E-state index contributed by atoms with van der Waals surface area (Å²) in [5.74, 6) is 1.05. The third kappa shape index (κ3) is 2.03. The summed E-state index contributed by atoms with van der Waals surface area (Å²) < 4.78 is 9.06. The first-order chi connectivity index (χ1) is 16.1. The Balaban J connectivity index is 1.59. The van der Waals surface area contributed by atoms with Crippen molar-refractivity contribution in [2.75, 3.05) is 0 Å². The van der Waals surface area contributed by atoms with E-state index in [1.165, 1.54) is 65.6 Å². The number of pyridine rings is 1. The predicted molar refractivity (Wildman–Crippen MR) is 135 cm³/mol. The van der Waals surface area contributed by atoms with Gasteiger partial charge in [-0.1, -0.05) is 74.5 Å². The fourth-order valence-corrected chi connectivity index (χ4v) is 6.31. The summed E-state index contributed by atoms with van der Waals surface area (Å²) in [6.45, 7) is 5.25. The van der Waals surface area contributed by atoms with Crippen LogP contribution >= 0.6 is 0 Å². The Hall–Kier alpha value is -3.91. The standard InChI is InChI=1S/C31H22NO/c1-31(2)24-15-20-12-11-19-8-4-6-10-22(19)27(20)30-28(24)29-25(31)16-23-21-9-5-3-7-18(21)13-14-26(23)32(29)17-33-30/h3-16H,17H2,1-2H3/q+1. The Bertz CT molecular complexity index is 1840. The van der Waals surface area contributed by atoms with Crippen molar-refractivity contribution >= 4 is 43.2 Å². The van der Waals surface area contributed by atoms with Gasteiger partial charge in [-0.3, -0.25) is 0 Å². The van der Waals surface area contributed by atoms with E-state index in [1.807, 2.05) is 0 Å². The number of rotatable bonds is 0. The van der Waals surface area contributed by atoms with Crippen LogP contribution in [0, 0.1) is 0 Å². The predicted octanol–water partition coefficient (Wildman–Crippen LogP) is 7.24. The van der Waals surface area contributed by atoms with Crippen LogP contribution in [0.25, 0.3) is 54.5 Å². The summed E-state index contributed by atoms with van der Waals surface area (Å²) in [6.07, 6.45) is 0. The number of aromatic nitrogens is 1. The molecule has 0 saturated carbocycles. The molecule has 156 valence electrons. The molecule has 0 fully saturated rings. The van der Waals surface area contributed by atoms with Crippen molar-refractivity contribution in [1.82, 2.24) is 0 Å². The molecule has 6 aromatic rings. The second-order valence-electron chi connectivity index (χ2n) is 9.97. The van der Waals surface area contributed by atoms with Gasteiger partial charge in [-0.25, -0.2) is 0 Å². The molecular formula is C31H22NO+. The smallest absolute Gasteiger partial charge is 0.293 e. The Morgan fingerprint density at radius 3 is 2.24 bits per heavy atom. The zero-order chi connectivity index (χ0) is 21.9. The van der Waals surface area contributed by atoms with E-state index in [9.17, 15) is 0 Å². The zero-order valence-corrected chi connectivity index (χ0v) is 18.6. The summed E-state index contributed by atoms with van der Waals surface area (Å²) in [5.41, 5.74) is 6.50. The highest BCUT2D eigenvalue weighted by molar-refractivity contribution is 6.14. The Kier molecular flexibility index (Phi) is 3.05. The lowest BCUT2D eigenvalue weighted by Gasteiger charge is -2.21. The third-order valence-corrected chi connectivity index (χ3v) is 7.96.